The fourth-order valence-electron chi connectivity index (χ4n) is 3.77. The number of hydrogen-bond donors (Lipinski definition) is 2. The number of hydrogen-bond acceptors (Lipinski definition) is 4. The fraction of sp³-hybridized carbons (Fsp3) is 0.455. The number of benzene rings is 1. The molecule has 162 valence electrons. The number of aryl methyl sites for hydroxylation is 1. The first-order valence-corrected chi connectivity index (χ1v) is 10.0. The number of alkyl halides is 3. The molecule has 1 aromatic carbocycles. The molecule has 2 N–H and O–H groups in total. The van der Waals surface area contributed by atoms with Crippen LogP contribution in [-0.2, 0) is 6.18 Å². The molecule has 0 radical (unpaired) electrons. The Morgan fingerprint density at radius 1 is 1.10 bits per heavy atom. The molecule has 1 heterocycles. The van der Waals surface area contributed by atoms with E-state index in [1.54, 1.807) is 0 Å². The van der Waals surface area contributed by atoms with Crippen LogP contribution in [-0.4, -0.2) is 37.1 Å². The van der Waals surface area contributed by atoms with Gasteiger partial charge >= 0.3 is 6.18 Å². The highest BCUT2D eigenvalue weighted by Gasteiger charge is 2.31. The molecule has 1 aliphatic carbocycles. The average molecular weight is 420 g/mol. The molecule has 1 fully saturated rings. The van der Waals surface area contributed by atoms with E-state index >= 15 is 0 Å². The van der Waals surface area contributed by atoms with Gasteiger partial charge in [0.2, 0.25) is 0 Å². The molecule has 0 spiro atoms. The summed E-state index contributed by atoms with van der Waals surface area (Å²) in [6.45, 7) is 2.02. The van der Waals surface area contributed by atoms with Gasteiger partial charge in [0.15, 0.2) is 0 Å². The zero-order valence-corrected chi connectivity index (χ0v) is 17.4. The highest BCUT2D eigenvalue weighted by atomic mass is 19.4. The summed E-state index contributed by atoms with van der Waals surface area (Å²) in [5.41, 5.74) is 1.43. The van der Waals surface area contributed by atoms with Crippen molar-refractivity contribution < 1.29 is 18.0 Å². The molecule has 0 bridgehead atoms. The summed E-state index contributed by atoms with van der Waals surface area (Å²) in [7, 11) is 3.98. The van der Waals surface area contributed by atoms with Crippen LogP contribution in [0.15, 0.2) is 36.5 Å². The Morgan fingerprint density at radius 3 is 2.40 bits per heavy atom. The van der Waals surface area contributed by atoms with Crippen LogP contribution in [0.2, 0.25) is 0 Å². The Morgan fingerprint density at radius 2 is 1.77 bits per heavy atom. The molecule has 0 atom stereocenters. The van der Waals surface area contributed by atoms with Crippen LogP contribution >= 0.6 is 0 Å². The summed E-state index contributed by atoms with van der Waals surface area (Å²) in [6, 6.07) is 6.75. The van der Waals surface area contributed by atoms with Crippen LogP contribution < -0.4 is 15.5 Å². The zero-order chi connectivity index (χ0) is 21.9. The Bertz CT molecular complexity index is 890. The minimum absolute atomic E-state index is 0.0325. The van der Waals surface area contributed by atoms with Gasteiger partial charge in [-0.05, 0) is 56.4 Å². The monoisotopic (exact) mass is 420 g/mol. The lowest BCUT2D eigenvalue weighted by atomic mass is 9.91. The van der Waals surface area contributed by atoms with E-state index < -0.39 is 17.6 Å². The first kappa shape index (κ1) is 21.9. The number of aromatic nitrogens is 1. The van der Waals surface area contributed by atoms with Gasteiger partial charge in [0, 0.05) is 49.7 Å². The van der Waals surface area contributed by atoms with Gasteiger partial charge in [-0.2, -0.15) is 13.2 Å². The predicted molar refractivity (Wildman–Crippen MR) is 112 cm³/mol. The van der Waals surface area contributed by atoms with Crippen molar-refractivity contribution in [1.82, 2.24) is 10.3 Å². The second-order valence-corrected chi connectivity index (χ2v) is 8.00. The van der Waals surface area contributed by atoms with Crippen LogP contribution in [0.5, 0.6) is 0 Å². The first-order chi connectivity index (χ1) is 14.1. The van der Waals surface area contributed by atoms with Crippen molar-refractivity contribution in [3.05, 3.63) is 53.2 Å². The molecule has 5 nitrogen and oxygen atoms in total. The Hall–Kier alpha value is -2.77. The summed E-state index contributed by atoms with van der Waals surface area (Å²) in [5, 5.41) is 6.33. The lowest BCUT2D eigenvalue weighted by molar-refractivity contribution is -0.137. The number of pyridine rings is 1. The molecule has 0 aliphatic heterocycles. The van der Waals surface area contributed by atoms with E-state index in [9.17, 15) is 18.0 Å². The summed E-state index contributed by atoms with van der Waals surface area (Å²) >= 11 is 0. The third-order valence-corrected chi connectivity index (χ3v) is 5.42. The smallest absolute Gasteiger partial charge is 0.377 e. The van der Waals surface area contributed by atoms with Gasteiger partial charge in [0.1, 0.15) is 5.82 Å². The SMILES string of the molecule is Cc1cnc(N[C@H]2CC[C@@H](NC(=O)c3cccc(C(F)(F)F)c3)CC2)cc1N(C)C. The normalized spacial score (nSPS) is 19.3. The molecule has 30 heavy (non-hydrogen) atoms. The van der Waals surface area contributed by atoms with Crippen LogP contribution in [0.4, 0.5) is 24.7 Å². The summed E-state index contributed by atoms with van der Waals surface area (Å²) < 4.78 is 38.6. The Labute approximate surface area is 174 Å². The predicted octanol–water partition coefficient (Wildman–Crippen LogP) is 4.63. The molecular formula is C22H27F3N4O. The van der Waals surface area contributed by atoms with Gasteiger partial charge in [-0.3, -0.25) is 4.79 Å². The van der Waals surface area contributed by atoms with Crippen LogP contribution in [0.1, 0.15) is 47.2 Å². The quantitative estimate of drug-likeness (QED) is 0.741. The second-order valence-electron chi connectivity index (χ2n) is 8.00. The molecule has 1 saturated carbocycles. The van der Waals surface area contributed by atoms with Crippen LogP contribution in [0, 0.1) is 6.92 Å². The van der Waals surface area contributed by atoms with Gasteiger partial charge in [-0.1, -0.05) is 6.07 Å². The first-order valence-electron chi connectivity index (χ1n) is 10.0. The van der Waals surface area contributed by atoms with Crippen molar-refractivity contribution in [2.75, 3.05) is 24.3 Å². The molecule has 1 amide bonds. The maximum atomic E-state index is 12.9. The molecule has 1 aliphatic rings. The summed E-state index contributed by atoms with van der Waals surface area (Å²) in [5.74, 6) is 0.356. The second kappa shape index (κ2) is 8.93. The van der Waals surface area contributed by atoms with Crippen molar-refractivity contribution in [2.45, 2.75) is 50.9 Å². The lowest BCUT2D eigenvalue weighted by Crippen LogP contribution is -2.40. The lowest BCUT2D eigenvalue weighted by Gasteiger charge is -2.30. The maximum absolute atomic E-state index is 12.9. The number of carbonyl (C=O) groups excluding carboxylic acids is 1. The number of carbonyl (C=O) groups is 1. The number of halogens is 3. The van der Waals surface area contributed by atoms with E-state index in [-0.39, 0.29) is 17.6 Å². The van der Waals surface area contributed by atoms with Crippen LogP contribution in [0.25, 0.3) is 0 Å². The van der Waals surface area contributed by atoms with E-state index in [2.05, 4.69) is 15.6 Å². The Balaban J connectivity index is 1.54. The van der Waals surface area contributed by atoms with E-state index in [0.29, 0.717) is 0 Å². The third kappa shape index (κ3) is 5.43. The van der Waals surface area contributed by atoms with E-state index in [1.807, 2.05) is 38.2 Å². The van der Waals surface area contributed by atoms with E-state index in [0.717, 1.165) is 54.9 Å². The number of nitrogens with zero attached hydrogens (tertiary/aromatic N) is 2. The fourth-order valence-corrected chi connectivity index (χ4v) is 3.77. The van der Waals surface area contributed by atoms with Crippen molar-refractivity contribution in [3.63, 3.8) is 0 Å². The number of rotatable bonds is 5. The van der Waals surface area contributed by atoms with Gasteiger partial charge in [-0.25, -0.2) is 4.98 Å². The van der Waals surface area contributed by atoms with Crippen molar-refractivity contribution in [3.8, 4) is 0 Å². The topological polar surface area (TPSA) is 57.3 Å². The molecule has 3 rings (SSSR count). The molecule has 0 unspecified atom stereocenters. The third-order valence-electron chi connectivity index (χ3n) is 5.42. The van der Waals surface area contributed by atoms with E-state index in [1.165, 1.54) is 12.1 Å². The molecule has 2 aromatic rings. The zero-order valence-electron chi connectivity index (χ0n) is 17.4. The highest BCUT2D eigenvalue weighted by molar-refractivity contribution is 5.94. The van der Waals surface area contributed by atoms with Gasteiger partial charge in [-0.15, -0.1) is 0 Å². The minimum Gasteiger partial charge on any atom is -0.377 e. The van der Waals surface area contributed by atoms with Crippen molar-refractivity contribution in [1.29, 1.82) is 0 Å². The van der Waals surface area contributed by atoms with Crippen LogP contribution in [0.3, 0.4) is 0 Å². The highest BCUT2D eigenvalue weighted by Crippen LogP contribution is 2.30. The van der Waals surface area contributed by atoms with E-state index in [4.69, 9.17) is 0 Å². The number of anilines is 2. The van der Waals surface area contributed by atoms with Gasteiger partial charge in [0.25, 0.3) is 5.91 Å². The maximum Gasteiger partial charge on any atom is 0.416 e. The van der Waals surface area contributed by atoms with Gasteiger partial charge < -0.3 is 15.5 Å². The standard InChI is InChI=1S/C22H27F3N4O/c1-14-13-26-20(12-19(14)29(2)3)27-17-7-9-18(10-8-17)28-21(30)15-5-4-6-16(11-15)22(23,24)25/h4-6,11-13,17-18H,7-10H2,1-3H3,(H,26,27)(H,28,30)/t17-,18+. The summed E-state index contributed by atoms with van der Waals surface area (Å²) in [6.07, 6.45) is 0.597. The number of nitrogens with one attached hydrogen (secondary N) is 2. The van der Waals surface area contributed by atoms with Crippen molar-refractivity contribution in [2.24, 2.45) is 0 Å². The van der Waals surface area contributed by atoms with Crippen molar-refractivity contribution >= 4 is 17.4 Å². The molecule has 8 heteroatoms. The number of amides is 1. The summed E-state index contributed by atoms with van der Waals surface area (Å²) in [4.78, 5) is 18.9. The molecule has 1 aromatic heterocycles. The Kier molecular flexibility index (Phi) is 6.53. The van der Waals surface area contributed by atoms with Gasteiger partial charge in [0.05, 0.1) is 5.56 Å². The molecule has 0 saturated heterocycles. The molecular weight excluding hydrogens is 393 g/mol. The largest absolute Gasteiger partial charge is 0.416 e. The average Bonchev–Trinajstić information content (AvgIpc) is 2.70. The minimum atomic E-state index is -4.46.